The predicted molar refractivity (Wildman–Crippen MR) is 94.2 cm³/mol. The van der Waals surface area contributed by atoms with Crippen LogP contribution in [0, 0.1) is 0 Å². The van der Waals surface area contributed by atoms with Gasteiger partial charge in [-0.3, -0.25) is 4.79 Å². The van der Waals surface area contributed by atoms with Gasteiger partial charge in [0, 0.05) is 13.1 Å². The Morgan fingerprint density at radius 3 is 1.96 bits per heavy atom. The van der Waals surface area contributed by atoms with E-state index in [0.29, 0.717) is 17.2 Å². The fourth-order valence-electron chi connectivity index (χ4n) is 3.37. The quantitative estimate of drug-likeness (QED) is 0.797. The number of amides is 1. The van der Waals surface area contributed by atoms with Gasteiger partial charge >= 0.3 is 0 Å². The number of rotatable bonds is 6. The second kappa shape index (κ2) is 8.81. The van der Waals surface area contributed by atoms with E-state index in [1.165, 1.54) is 12.8 Å². The van der Waals surface area contributed by atoms with E-state index in [1.54, 1.807) is 21.3 Å². The van der Waals surface area contributed by atoms with Crippen molar-refractivity contribution in [3.63, 3.8) is 0 Å². The maximum atomic E-state index is 13.0. The van der Waals surface area contributed by atoms with E-state index in [0.717, 1.165) is 37.9 Å². The first kappa shape index (κ1) is 18.4. The second-order valence-corrected chi connectivity index (χ2v) is 6.16. The number of hydrogen-bond acceptors (Lipinski definition) is 4. The van der Waals surface area contributed by atoms with Crippen molar-refractivity contribution in [2.24, 2.45) is 0 Å². The van der Waals surface area contributed by atoms with Gasteiger partial charge in [-0.2, -0.15) is 0 Å². The fraction of sp³-hybridized carbons (Fsp3) is 0.632. The maximum Gasteiger partial charge on any atom is 0.230 e. The Labute approximate surface area is 144 Å². The van der Waals surface area contributed by atoms with Crippen molar-refractivity contribution in [1.29, 1.82) is 0 Å². The lowest BCUT2D eigenvalue weighted by Gasteiger charge is -2.26. The van der Waals surface area contributed by atoms with Crippen LogP contribution in [0.15, 0.2) is 12.1 Å². The maximum absolute atomic E-state index is 13.0. The van der Waals surface area contributed by atoms with Gasteiger partial charge in [0.05, 0.1) is 27.2 Å². The molecule has 0 N–H and O–H groups in total. The summed E-state index contributed by atoms with van der Waals surface area (Å²) < 4.78 is 16.2. The number of benzene rings is 1. The molecule has 0 unspecified atom stereocenters. The topological polar surface area (TPSA) is 48.0 Å². The Kier molecular flexibility index (Phi) is 6.76. The molecular weight excluding hydrogens is 306 g/mol. The summed E-state index contributed by atoms with van der Waals surface area (Å²) in [5, 5.41) is 0. The molecule has 1 aliphatic rings. The SMILES string of the molecule is CC[C@H](C(=O)N1CCCCCC1)c1cc(OC)c(OC)c(OC)c1. The van der Waals surface area contributed by atoms with E-state index in [9.17, 15) is 4.79 Å². The molecular formula is C19H29NO4. The predicted octanol–water partition coefficient (Wildman–Crippen LogP) is 3.61. The van der Waals surface area contributed by atoms with E-state index < -0.39 is 0 Å². The van der Waals surface area contributed by atoms with Crippen molar-refractivity contribution in [3.8, 4) is 17.2 Å². The number of carbonyl (C=O) groups is 1. The van der Waals surface area contributed by atoms with Gasteiger partial charge in [0.25, 0.3) is 0 Å². The molecule has 1 aromatic carbocycles. The largest absolute Gasteiger partial charge is 0.493 e. The summed E-state index contributed by atoms with van der Waals surface area (Å²) in [4.78, 5) is 15.1. The third-order valence-corrected chi connectivity index (χ3v) is 4.71. The first-order valence-corrected chi connectivity index (χ1v) is 8.74. The van der Waals surface area contributed by atoms with Crippen LogP contribution >= 0.6 is 0 Å². The molecule has 1 heterocycles. The summed E-state index contributed by atoms with van der Waals surface area (Å²) in [6, 6.07) is 3.79. The van der Waals surface area contributed by atoms with Crippen molar-refractivity contribution in [1.82, 2.24) is 4.90 Å². The summed E-state index contributed by atoms with van der Waals surface area (Å²) in [6.45, 7) is 3.77. The molecule has 0 bridgehead atoms. The number of hydrogen-bond donors (Lipinski definition) is 0. The zero-order chi connectivity index (χ0) is 17.5. The van der Waals surface area contributed by atoms with Crippen LogP contribution in [0.25, 0.3) is 0 Å². The van der Waals surface area contributed by atoms with Crippen LogP contribution in [0.1, 0.15) is 50.5 Å². The molecule has 0 radical (unpaired) electrons. The number of ether oxygens (including phenoxy) is 3. The van der Waals surface area contributed by atoms with Crippen LogP contribution in [-0.4, -0.2) is 45.2 Å². The highest BCUT2D eigenvalue weighted by Crippen LogP contribution is 2.41. The van der Waals surface area contributed by atoms with Gasteiger partial charge in [-0.1, -0.05) is 19.8 Å². The summed E-state index contributed by atoms with van der Waals surface area (Å²) >= 11 is 0. The highest BCUT2D eigenvalue weighted by atomic mass is 16.5. The average molecular weight is 335 g/mol. The van der Waals surface area contributed by atoms with Crippen molar-refractivity contribution in [2.45, 2.75) is 44.9 Å². The molecule has 1 aliphatic heterocycles. The molecule has 1 aromatic rings. The molecule has 5 heteroatoms. The van der Waals surface area contributed by atoms with Crippen LogP contribution in [0.5, 0.6) is 17.2 Å². The fourth-order valence-corrected chi connectivity index (χ4v) is 3.37. The van der Waals surface area contributed by atoms with Gasteiger partial charge < -0.3 is 19.1 Å². The molecule has 0 aromatic heterocycles. The second-order valence-electron chi connectivity index (χ2n) is 6.16. The minimum Gasteiger partial charge on any atom is -0.493 e. The lowest BCUT2D eigenvalue weighted by molar-refractivity contribution is -0.132. The van der Waals surface area contributed by atoms with E-state index in [-0.39, 0.29) is 11.8 Å². The lowest BCUT2D eigenvalue weighted by atomic mass is 9.94. The van der Waals surface area contributed by atoms with Gasteiger partial charge in [0.2, 0.25) is 11.7 Å². The number of methoxy groups -OCH3 is 3. The number of nitrogens with zero attached hydrogens (tertiary/aromatic N) is 1. The van der Waals surface area contributed by atoms with Crippen LogP contribution < -0.4 is 14.2 Å². The first-order chi connectivity index (χ1) is 11.7. The van der Waals surface area contributed by atoms with Gasteiger partial charge in [-0.15, -0.1) is 0 Å². The molecule has 134 valence electrons. The summed E-state index contributed by atoms with van der Waals surface area (Å²) in [5.74, 6) is 1.76. The third-order valence-electron chi connectivity index (χ3n) is 4.71. The normalized spacial score (nSPS) is 16.2. The van der Waals surface area contributed by atoms with E-state index in [1.807, 2.05) is 24.0 Å². The Morgan fingerprint density at radius 1 is 1.00 bits per heavy atom. The van der Waals surface area contributed by atoms with Crippen molar-refractivity contribution < 1.29 is 19.0 Å². The Hall–Kier alpha value is -1.91. The van der Waals surface area contributed by atoms with Crippen molar-refractivity contribution >= 4 is 5.91 Å². The molecule has 2 rings (SSSR count). The average Bonchev–Trinajstić information content (AvgIpc) is 2.90. The molecule has 24 heavy (non-hydrogen) atoms. The van der Waals surface area contributed by atoms with Gasteiger partial charge in [0.1, 0.15) is 0 Å². The van der Waals surface area contributed by atoms with Crippen molar-refractivity contribution in [3.05, 3.63) is 17.7 Å². The number of likely N-dealkylation sites (tertiary alicyclic amines) is 1. The summed E-state index contributed by atoms with van der Waals surface area (Å²) in [5.41, 5.74) is 0.918. The third kappa shape index (κ3) is 3.94. The molecule has 5 nitrogen and oxygen atoms in total. The van der Waals surface area contributed by atoms with Crippen molar-refractivity contribution in [2.75, 3.05) is 34.4 Å². The Bertz CT molecular complexity index is 525. The van der Waals surface area contributed by atoms with Gasteiger partial charge in [-0.25, -0.2) is 0 Å². The van der Waals surface area contributed by atoms with Crippen LogP contribution in [0.2, 0.25) is 0 Å². The van der Waals surface area contributed by atoms with Gasteiger partial charge in [0.15, 0.2) is 11.5 Å². The first-order valence-electron chi connectivity index (χ1n) is 8.74. The summed E-state index contributed by atoms with van der Waals surface area (Å²) in [6.07, 6.45) is 5.36. The Balaban J connectivity index is 2.33. The van der Waals surface area contributed by atoms with Gasteiger partial charge in [-0.05, 0) is 37.0 Å². The van der Waals surface area contributed by atoms with Crippen LogP contribution in [0.4, 0.5) is 0 Å². The highest BCUT2D eigenvalue weighted by molar-refractivity contribution is 5.84. The molecule has 0 saturated carbocycles. The molecule has 0 aliphatic carbocycles. The Morgan fingerprint density at radius 2 is 1.54 bits per heavy atom. The van der Waals surface area contributed by atoms with Crippen LogP contribution in [0.3, 0.4) is 0 Å². The van der Waals surface area contributed by atoms with E-state index >= 15 is 0 Å². The molecule has 0 spiro atoms. The molecule has 1 saturated heterocycles. The summed E-state index contributed by atoms with van der Waals surface area (Å²) in [7, 11) is 4.77. The van der Waals surface area contributed by atoms with E-state index in [2.05, 4.69) is 0 Å². The van der Waals surface area contributed by atoms with Crippen LogP contribution in [-0.2, 0) is 4.79 Å². The minimum atomic E-state index is -0.184. The van der Waals surface area contributed by atoms with E-state index in [4.69, 9.17) is 14.2 Å². The zero-order valence-corrected chi connectivity index (χ0v) is 15.3. The molecule has 1 amide bonds. The highest BCUT2D eigenvalue weighted by Gasteiger charge is 2.27. The standard InChI is InChI=1S/C19H29NO4/c1-5-15(19(21)20-10-8-6-7-9-11-20)14-12-16(22-2)18(24-4)17(13-14)23-3/h12-13,15H,5-11H2,1-4H3/t15-/m0/s1. The molecule has 1 atom stereocenters. The smallest absolute Gasteiger partial charge is 0.230 e. The lowest BCUT2D eigenvalue weighted by Crippen LogP contribution is -2.35. The monoisotopic (exact) mass is 335 g/mol. The number of carbonyl (C=O) groups excluding carboxylic acids is 1. The molecule has 1 fully saturated rings. The minimum absolute atomic E-state index is 0.184. The zero-order valence-electron chi connectivity index (χ0n) is 15.3.